The third-order valence-electron chi connectivity index (χ3n) is 7.01. The van der Waals surface area contributed by atoms with Crippen molar-refractivity contribution >= 4 is 5.78 Å². The molecule has 0 radical (unpaired) electrons. The normalized spacial score (nSPS) is 48.0. The van der Waals surface area contributed by atoms with E-state index in [9.17, 15) is 9.90 Å². The van der Waals surface area contributed by atoms with Gasteiger partial charge in [0, 0.05) is 5.56 Å². The fourth-order valence-corrected chi connectivity index (χ4v) is 6.55. The molecule has 0 bridgehead atoms. The van der Waals surface area contributed by atoms with Crippen LogP contribution in [0.5, 0.6) is 0 Å². The topological polar surface area (TPSA) is 37.3 Å². The Bertz CT molecular complexity index is 622. The highest BCUT2D eigenvalue weighted by molar-refractivity contribution is 6.07. The van der Waals surface area contributed by atoms with Gasteiger partial charge < -0.3 is 5.11 Å². The van der Waals surface area contributed by atoms with Gasteiger partial charge in [-0.25, -0.2) is 0 Å². The smallest absolute Gasteiger partial charge is 0.172 e. The van der Waals surface area contributed by atoms with Crippen LogP contribution in [0.2, 0.25) is 0 Å². The van der Waals surface area contributed by atoms with Crippen LogP contribution in [-0.2, 0) is 5.60 Å². The Morgan fingerprint density at radius 1 is 1.05 bits per heavy atom. The predicted molar refractivity (Wildman–Crippen MR) is 75.3 cm³/mol. The summed E-state index contributed by atoms with van der Waals surface area (Å²) < 4.78 is 0. The Labute approximate surface area is 119 Å². The van der Waals surface area contributed by atoms with Gasteiger partial charge in [0.1, 0.15) is 5.60 Å². The van der Waals surface area contributed by atoms with Crippen molar-refractivity contribution in [2.45, 2.75) is 44.1 Å². The van der Waals surface area contributed by atoms with Crippen molar-refractivity contribution in [3.63, 3.8) is 0 Å². The zero-order valence-electron chi connectivity index (χ0n) is 11.6. The maximum atomic E-state index is 13.2. The van der Waals surface area contributed by atoms with Gasteiger partial charge in [0.05, 0.1) is 5.41 Å². The fraction of sp³-hybridized carbons (Fsp3) is 0.611. The van der Waals surface area contributed by atoms with Crippen LogP contribution < -0.4 is 0 Å². The molecule has 5 atom stereocenters. The molecule has 0 aliphatic heterocycles. The summed E-state index contributed by atoms with van der Waals surface area (Å²) in [4.78, 5) is 13.2. The summed E-state index contributed by atoms with van der Waals surface area (Å²) in [5, 5.41) is 11.8. The SMILES string of the molecule is O=C1c2ccccc2[C@]2(O)[C@H]3CCC[C@H]3[C@H]3CCC[C@]132. The molecule has 3 saturated carbocycles. The van der Waals surface area contributed by atoms with Crippen LogP contribution in [0.3, 0.4) is 0 Å². The number of aliphatic hydroxyl groups is 1. The van der Waals surface area contributed by atoms with Gasteiger partial charge in [0.15, 0.2) is 5.78 Å². The molecule has 5 rings (SSSR count). The van der Waals surface area contributed by atoms with E-state index in [0.29, 0.717) is 17.8 Å². The Hall–Kier alpha value is -1.15. The van der Waals surface area contributed by atoms with E-state index in [1.54, 1.807) is 0 Å². The summed E-state index contributed by atoms with van der Waals surface area (Å²) in [5.41, 5.74) is 0.439. The number of hydrogen-bond donors (Lipinski definition) is 1. The van der Waals surface area contributed by atoms with Gasteiger partial charge in [-0.3, -0.25) is 4.79 Å². The zero-order chi connectivity index (χ0) is 13.5. The molecule has 1 aromatic carbocycles. The van der Waals surface area contributed by atoms with Crippen molar-refractivity contribution in [2.24, 2.45) is 23.2 Å². The van der Waals surface area contributed by atoms with Gasteiger partial charge in [0.25, 0.3) is 0 Å². The van der Waals surface area contributed by atoms with Gasteiger partial charge in [0.2, 0.25) is 0 Å². The molecule has 2 heteroatoms. The van der Waals surface area contributed by atoms with E-state index in [4.69, 9.17) is 0 Å². The molecule has 0 amide bonds. The first-order valence-electron chi connectivity index (χ1n) is 8.08. The summed E-state index contributed by atoms with van der Waals surface area (Å²) in [6, 6.07) is 7.86. The van der Waals surface area contributed by atoms with Gasteiger partial charge in [-0.2, -0.15) is 0 Å². The molecule has 0 aromatic heterocycles. The van der Waals surface area contributed by atoms with Crippen molar-refractivity contribution in [1.82, 2.24) is 0 Å². The number of fused-ring (bicyclic) bond motifs is 5. The number of hydrogen-bond acceptors (Lipinski definition) is 2. The van der Waals surface area contributed by atoms with Crippen LogP contribution in [0.15, 0.2) is 24.3 Å². The average Bonchev–Trinajstić information content (AvgIpc) is 3.17. The van der Waals surface area contributed by atoms with Crippen LogP contribution in [-0.4, -0.2) is 10.9 Å². The maximum Gasteiger partial charge on any atom is 0.172 e. The third-order valence-corrected chi connectivity index (χ3v) is 7.01. The van der Waals surface area contributed by atoms with Gasteiger partial charge in [-0.05, 0) is 49.0 Å². The van der Waals surface area contributed by atoms with Crippen molar-refractivity contribution in [3.05, 3.63) is 35.4 Å². The first-order chi connectivity index (χ1) is 9.71. The lowest BCUT2D eigenvalue weighted by atomic mass is 9.68. The zero-order valence-corrected chi connectivity index (χ0v) is 11.6. The highest BCUT2D eigenvalue weighted by Crippen LogP contribution is 2.74. The van der Waals surface area contributed by atoms with Gasteiger partial charge in [-0.15, -0.1) is 0 Å². The largest absolute Gasteiger partial charge is 0.384 e. The van der Waals surface area contributed by atoms with Gasteiger partial charge in [-0.1, -0.05) is 37.1 Å². The molecule has 4 aliphatic carbocycles. The van der Waals surface area contributed by atoms with Crippen molar-refractivity contribution < 1.29 is 9.90 Å². The number of carbonyl (C=O) groups excluding carboxylic acids is 1. The monoisotopic (exact) mass is 268 g/mol. The molecule has 0 unspecified atom stereocenters. The Kier molecular flexibility index (Phi) is 1.93. The molecule has 4 aliphatic rings. The number of ketones is 1. The van der Waals surface area contributed by atoms with E-state index in [1.165, 1.54) is 12.8 Å². The van der Waals surface area contributed by atoms with Crippen LogP contribution in [0, 0.1) is 23.2 Å². The standard InChI is InChI=1S/C18H20O2/c19-16-12-5-1-2-7-15(12)18(20)14-8-3-6-11(14)13-9-4-10-17(13,16)18/h1-2,5,7,11,13-14,20H,3-4,6,8-10H2/t11-,13+,14-,17+,18+/m0/s1. The molecule has 1 spiro atoms. The van der Waals surface area contributed by atoms with Crippen molar-refractivity contribution in [2.75, 3.05) is 0 Å². The second-order valence-corrected chi connectivity index (χ2v) is 7.31. The van der Waals surface area contributed by atoms with E-state index < -0.39 is 11.0 Å². The Morgan fingerprint density at radius 2 is 1.85 bits per heavy atom. The van der Waals surface area contributed by atoms with Crippen LogP contribution in [0.25, 0.3) is 0 Å². The minimum Gasteiger partial charge on any atom is -0.384 e. The first kappa shape index (κ1) is 11.5. The third kappa shape index (κ3) is 0.920. The molecule has 20 heavy (non-hydrogen) atoms. The Balaban J connectivity index is 1.84. The van der Waals surface area contributed by atoms with E-state index >= 15 is 0 Å². The average molecular weight is 268 g/mol. The minimum atomic E-state index is -0.858. The summed E-state index contributed by atoms with van der Waals surface area (Å²) in [6.07, 6.45) is 6.68. The molecule has 0 saturated heterocycles. The molecule has 1 N–H and O–H groups in total. The lowest BCUT2D eigenvalue weighted by Crippen LogP contribution is -2.45. The van der Waals surface area contributed by atoms with Crippen LogP contribution in [0.4, 0.5) is 0 Å². The second kappa shape index (κ2) is 3.36. The van der Waals surface area contributed by atoms with E-state index in [0.717, 1.165) is 36.8 Å². The molecular weight excluding hydrogens is 248 g/mol. The van der Waals surface area contributed by atoms with Gasteiger partial charge >= 0.3 is 0 Å². The summed E-state index contributed by atoms with van der Waals surface area (Å²) in [5.74, 6) is 1.59. The van der Waals surface area contributed by atoms with Crippen LogP contribution >= 0.6 is 0 Å². The predicted octanol–water partition coefficient (Wildman–Crippen LogP) is 3.29. The maximum absolute atomic E-state index is 13.2. The quantitative estimate of drug-likeness (QED) is 0.784. The Morgan fingerprint density at radius 3 is 2.75 bits per heavy atom. The number of benzene rings is 1. The summed E-state index contributed by atoms with van der Waals surface area (Å²) in [7, 11) is 0. The second-order valence-electron chi connectivity index (χ2n) is 7.31. The number of rotatable bonds is 0. The van der Waals surface area contributed by atoms with Crippen LogP contribution in [0.1, 0.15) is 54.4 Å². The first-order valence-corrected chi connectivity index (χ1v) is 8.08. The highest BCUT2D eigenvalue weighted by Gasteiger charge is 2.76. The fourth-order valence-electron chi connectivity index (χ4n) is 6.55. The van der Waals surface area contributed by atoms with E-state index in [1.807, 2.05) is 24.3 Å². The molecule has 1 aromatic rings. The highest BCUT2D eigenvalue weighted by atomic mass is 16.3. The number of carbonyl (C=O) groups is 1. The molecule has 3 fully saturated rings. The lowest BCUT2D eigenvalue weighted by Gasteiger charge is -2.38. The molecular formula is C18H20O2. The van der Waals surface area contributed by atoms with E-state index in [2.05, 4.69) is 0 Å². The number of Topliss-reactive ketones (excluding diaryl/α,β-unsaturated/α-hetero) is 1. The van der Waals surface area contributed by atoms with Crippen molar-refractivity contribution in [1.29, 1.82) is 0 Å². The summed E-state index contributed by atoms with van der Waals surface area (Å²) in [6.45, 7) is 0. The minimum absolute atomic E-state index is 0.257. The van der Waals surface area contributed by atoms with E-state index in [-0.39, 0.29) is 5.78 Å². The summed E-state index contributed by atoms with van der Waals surface area (Å²) >= 11 is 0. The molecule has 2 nitrogen and oxygen atoms in total. The molecule has 0 heterocycles. The molecule has 104 valence electrons. The van der Waals surface area contributed by atoms with Crippen molar-refractivity contribution in [3.8, 4) is 0 Å². The lowest BCUT2D eigenvalue weighted by molar-refractivity contribution is -0.0775.